The molecule has 6 aromatic carbocycles. The Bertz CT molecular complexity index is 2430. The normalized spacial score (nSPS) is 12.0. The Morgan fingerprint density at radius 3 is 2.10 bits per heavy atom. The third-order valence-corrected chi connectivity index (χ3v) is 9.29. The zero-order valence-corrected chi connectivity index (χ0v) is 22.3. The van der Waals surface area contributed by atoms with Crippen molar-refractivity contribution in [2.24, 2.45) is 0 Å². The number of aromatic nitrogens is 2. The van der Waals surface area contributed by atoms with Crippen LogP contribution in [0.4, 0.5) is 0 Å². The van der Waals surface area contributed by atoms with E-state index in [9.17, 15) is 0 Å². The van der Waals surface area contributed by atoms with Crippen molar-refractivity contribution in [2.45, 2.75) is 0 Å². The molecule has 0 saturated carbocycles. The number of hydrogen-bond acceptors (Lipinski definition) is 2. The summed E-state index contributed by atoms with van der Waals surface area (Å²) in [5, 5.41) is 8.80. The van der Waals surface area contributed by atoms with Crippen LogP contribution < -0.4 is 0 Å². The summed E-state index contributed by atoms with van der Waals surface area (Å²) in [6, 6.07) is 46.3. The average Bonchev–Trinajstić information content (AvgIpc) is 3.53. The van der Waals surface area contributed by atoms with Gasteiger partial charge >= 0.3 is 0 Å². The van der Waals surface area contributed by atoms with E-state index in [1.165, 1.54) is 58.2 Å². The van der Waals surface area contributed by atoms with Crippen LogP contribution in [0.2, 0.25) is 0 Å². The fourth-order valence-electron chi connectivity index (χ4n) is 6.23. The largest absolute Gasteiger partial charge is 0.308 e. The van der Waals surface area contributed by atoms with E-state index in [4.69, 9.17) is 4.98 Å². The van der Waals surface area contributed by atoms with Gasteiger partial charge in [-0.2, -0.15) is 0 Å². The van der Waals surface area contributed by atoms with E-state index < -0.39 is 0 Å². The standard InChI is InChI=1S/C37H22N2S/c1-2-8-23(9-3-1)28-19-34-37(38-22-28)32-20-31-30-12-6-7-13-35(30)40-36(31)21-33(32)39(34)29-15-14-26-16-24-10-4-5-11-25(24)17-27(26)18-29/h1-22H. The highest BCUT2D eigenvalue weighted by atomic mass is 32.1. The van der Waals surface area contributed by atoms with Crippen molar-refractivity contribution in [3.63, 3.8) is 0 Å². The number of hydrogen-bond donors (Lipinski definition) is 0. The molecule has 0 aliphatic carbocycles. The first-order valence-corrected chi connectivity index (χ1v) is 14.4. The maximum Gasteiger partial charge on any atom is 0.0964 e. The summed E-state index contributed by atoms with van der Waals surface area (Å²) in [6.07, 6.45) is 2.02. The lowest BCUT2D eigenvalue weighted by molar-refractivity contribution is 1.18. The number of fused-ring (bicyclic) bond motifs is 8. The van der Waals surface area contributed by atoms with Crippen molar-refractivity contribution in [3.8, 4) is 16.8 Å². The molecule has 0 amide bonds. The quantitative estimate of drug-likeness (QED) is 0.205. The summed E-state index contributed by atoms with van der Waals surface area (Å²) < 4.78 is 5.02. The Labute approximate surface area is 234 Å². The van der Waals surface area contributed by atoms with Crippen LogP contribution >= 0.6 is 11.3 Å². The van der Waals surface area contributed by atoms with Crippen LogP contribution in [0.25, 0.3) is 80.5 Å². The van der Waals surface area contributed by atoms with Gasteiger partial charge in [0.2, 0.25) is 0 Å². The second-order valence-electron chi connectivity index (χ2n) is 10.5. The summed E-state index contributed by atoms with van der Waals surface area (Å²) in [7, 11) is 0. The molecule has 0 unspecified atom stereocenters. The van der Waals surface area contributed by atoms with Crippen LogP contribution in [0.3, 0.4) is 0 Å². The molecule has 3 aromatic heterocycles. The molecule has 3 heterocycles. The third-order valence-electron chi connectivity index (χ3n) is 8.15. The van der Waals surface area contributed by atoms with Crippen LogP contribution in [0.15, 0.2) is 134 Å². The van der Waals surface area contributed by atoms with Crippen molar-refractivity contribution >= 4 is 75.0 Å². The Balaban J connectivity index is 1.39. The Kier molecular flexibility index (Phi) is 4.52. The monoisotopic (exact) mass is 526 g/mol. The molecule has 0 bridgehead atoms. The van der Waals surface area contributed by atoms with Crippen molar-refractivity contribution < 1.29 is 0 Å². The zero-order chi connectivity index (χ0) is 26.2. The topological polar surface area (TPSA) is 17.8 Å². The molecular weight excluding hydrogens is 504 g/mol. The Morgan fingerprint density at radius 2 is 1.23 bits per heavy atom. The van der Waals surface area contributed by atoms with Gasteiger partial charge in [0.25, 0.3) is 0 Å². The van der Waals surface area contributed by atoms with E-state index in [-0.39, 0.29) is 0 Å². The molecule has 0 atom stereocenters. The maximum absolute atomic E-state index is 5.09. The van der Waals surface area contributed by atoms with E-state index >= 15 is 0 Å². The molecule has 9 aromatic rings. The number of thiophene rings is 1. The van der Waals surface area contributed by atoms with Gasteiger partial charge in [-0.05, 0) is 75.6 Å². The summed E-state index contributed by atoms with van der Waals surface area (Å²) in [6.45, 7) is 0. The van der Waals surface area contributed by atoms with Crippen molar-refractivity contribution in [1.82, 2.24) is 9.55 Å². The van der Waals surface area contributed by atoms with E-state index in [1.807, 2.05) is 17.5 Å². The number of nitrogens with zero attached hydrogens (tertiary/aromatic N) is 2. The molecule has 186 valence electrons. The number of rotatable bonds is 2. The molecule has 40 heavy (non-hydrogen) atoms. The summed E-state index contributed by atoms with van der Waals surface area (Å²) in [5.74, 6) is 0. The lowest BCUT2D eigenvalue weighted by atomic mass is 10.0. The molecule has 0 radical (unpaired) electrons. The molecular formula is C37H22N2S. The van der Waals surface area contributed by atoms with Gasteiger partial charge in [-0.1, -0.05) is 78.9 Å². The minimum Gasteiger partial charge on any atom is -0.308 e. The molecule has 0 aliphatic heterocycles. The van der Waals surface area contributed by atoms with Crippen LogP contribution in [0.1, 0.15) is 0 Å². The first-order valence-electron chi connectivity index (χ1n) is 13.5. The van der Waals surface area contributed by atoms with E-state index in [0.717, 1.165) is 22.3 Å². The fraction of sp³-hybridized carbons (Fsp3) is 0. The molecule has 9 rings (SSSR count). The van der Waals surface area contributed by atoms with Crippen molar-refractivity contribution in [3.05, 3.63) is 134 Å². The SMILES string of the molecule is c1ccc(-c2cnc3c4cc5c(cc4n(-c4ccc6cc7ccccc7cc6c4)c3c2)sc2ccccc25)cc1. The summed E-state index contributed by atoms with van der Waals surface area (Å²) >= 11 is 1.86. The second kappa shape index (κ2) is 8.25. The highest BCUT2D eigenvalue weighted by Gasteiger charge is 2.18. The van der Waals surface area contributed by atoms with Gasteiger partial charge in [0, 0.05) is 43.0 Å². The lowest BCUT2D eigenvalue weighted by Gasteiger charge is -2.11. The maximum atomic E-state index is 5.09. The summed E-state index contributed by atoms with van der Waals surface area (Å²) in [5.41, 5.74) is 6.79. The van der Waals surface area contributed by atoms with Gasteiger partial charge < -0.3 is 4.57 Å². The second-order valence-corrected chi connectivity index (χ2v) is 11.6. The minimum atomic E-state index is 1.03. The van der Waals surface area contributed by atoms with Crippen LogP contribution in [-0.4, -0.2) is 9.55 Å². The molecule has 0 fully saturated rings. The van der Waals surface area contributed by atoms with Crippen LogP contribution in [-0.2, 0) is 0 Å². The predicted molar refractivity (Wildman–Crippen MR) is 172 cm³/mol. The Morgan fingerprint density at radius 1 is 0.475 bits per heavy atom. The minimum absolute atomic E-state index is 1.03. The highest BCUT2D eigenvalue weighted by Crippen LogP contribution is 2.41. The summed E-state index contributed by atoms with van der Waals surface area (Å²) in [4.78, 5) is 5.09. The lowest BCUT2D eigenvalue weighted by Crippen LogP contribution is -1.94. The molecule has 3 heteroatoms. The van der Waals surface area contributed by atoms with Gasteiger partial charge in [-0.25, -0.2) is 0 Å². The molecule has 0 spiro atoms. The van der Waals surface area contributed by atoms with Crippen molar-refractivity contribution in [1.29, 1.82) is 0 Å². The van der Waals surface area contributed by atoms with E-state index in [0.29, 0.717) is 0 Å². The van der Waals surface area contributed by atoms with E-state index in [2.05, 4.69) is 132 Å². The predicted octanol–water partition coefficient (Wildman–Crippen LogP) is 10.5. The van der Waals surface area contributed by atoms with E-state index in [1.54, 1.807) is 0 Å². The molecule has 0 aliphatic rings. The molecule has 0 saturated heterocycles. The smallest absolute Gasteiger partial charge is 0.0964 e. The third kappa shape index (κ3) is 3.19. The fourth-order valence-corrected chi connectivity index (χ4v) is 7.35. The van der Waals surface area contributed by atoms with Crippen molar-refractivity contribution in [2.75, 3.05) is 0 Å². The van der Waals surface area contributed by atoms with Crippen LogP contribution in [0.5, 0.6) is 0 Å². The van der Waals surface area contributed by atoms with Gasteiger partial charge in [0.15, 0.2) is 0 Å². The first kappa shape index (κ1) is 21.9. The number of pyridine rings is 1. The Hall–Kier alpha value is -4.99. The van der Waals surface area contributed by atoms with Gasteiger partial charge in [0.1, 0.15) is 0 Å². The highest BCUT2D eigenvalue weighted by molar-refractivity contribution is 7.25. The average molecular weight is 527 g/mol. The first-order chi connectivity index (χ1) is 19.8. The molecule has 2 nitrogen and oxygen atoms in total. The molecule has 0 N–H and O–H groups in total. The van der Waals surface area contributed by atoms with Gasteiger partial charge in [-0.15, -0.1) is 11.3 Å². The number of benzene rings is 6. The van der Waals surface area contributed by atoms with Gasteiger partial charge in [0.05, 0.1) is 16.6 Å². The zero-order valence-electron chi connectivity index (χ0n) is 21.5. The van der Waals surface area contributed by atoms with Gasteiger partial charge in [-0.3, -0.25) is 4.98 Å². The van der Waals surface area contributed by atoms with Crippen LogP contribution in [0, 0.1) is 0 Å².